The summed E-state index contributed by atoms with van der Waals surface area (Å²) in [6, 6.07) is 7.00. The zero-order valence-corrected chi connectivity index (χ0v) is 15.2. The number of hydrogen-bond acceptors (Lipinski definition) is 4. The van der Waals surface area contributed by atoms with E-state index >= 15 is 0 Å². The van der Waals surface area contributed by atoms with E-state index in [1.54, 1.807) is 0 Å². The monoisotopic (exact) mass is 337 g/mol. The molecule has 0 bridgehead atoms. The quantitative estimate of drug-likeness (QED) is 0.746. The average molecular weight is 337 g/mol. The third-order valence-corrected chi connectivity index (χ3v) is 4.16. The normalized spacial score (nSPS) is 13.0. The Morgan fingerprint density at radius 1 is 1.13 bits per heavy atom. The van der Waals surface area contributed by atoms with E-state index in [-0.39, 0.29) is 0 Å². The second-order valence-electron chi connectivity index (χ2n) is 6.22. The number of fused-ring (bicyclic) bond motifs is 1. The van der Waals surface area contributed by atoms with Gasteiger partial charge in [-0.15, -0.1) is 0 Å². The van der Waals surface area contributed by atoms with Crippen LogP contribution in [0.15, 0.2) is 18.2 Å². The fourth-order valence-corrected chi connectivity index (χ4v) is 2.88. The third kappa shape index (κ3) is 5.25. The van der Waals surface area contributed by atoms with E-state index in [9.17, 15) is 0 Å². The van der Waals surface area contributed by atoms with Crippen molar-refractivity contribution in [3.8, 4) is 11.5 Å². The van der Waals surface area contributed by atoms with Crippen LogP contribution in [0.3, 0.4) is 0 Å². The van der Waals surface area contributed by atoms with Crippen LogP contribution in [0, 0.1) is 0 Å². The molecule has 0 fully saturated rings. The standard InChI is InChI=1S/C17H27N3O2S/c1-12(2)20(13(3)4)8-7-18-17(23)19-10-14-5-6-15-16(9-14)22-11-21-15/h5-6,9,12-13H,7-8,10-11H2,1-4H3,(H2,18,19,23). The van der Waals surface area contributed by atoms with Crippen molar-refractivity contribution >= 4 is 17.3 Å². The molecule has 1 aromatic carbocycles. The van der Waals surface area contributed by atoms with Crippen molar-refractivity contribution in [2.75, 3.05) is 19.9 Å². The first-order chi connectivity index (χ1) is 11.0. The van der Waals surface area contributed by atoms with Gasteiger partial charge in [-0.05, 0) is 57.6 Å². The lowest BCUT2D eigenvalue weighted by molar-refractivity contribution is 0.174. The fraction of sp³-hybridized carbons (Fsp3) is 0.588. The van der Waals surface area contributed by atoms with E-state index in [2.05, 4.69) is 43.2 Å². The average Bonchev–Trinajstić information content (AvgIpc) is 2.96. The molecule has 1 aromatic rings. The molecule has 0 saturated heterocycles. The maximum Gasteiger partial charge on any atom is 0.231 e. The first-order valence-corrected chi connectivity index (χ1v) is 8.54. The maximum absolute atomic E-state index is 5.38. The molecule has 1 aliphatic heterocycles. The zero-order valence-electron chi connectivity index (χ0n) is 14.4. The highest BCUT2D eigenvalue weighted by molar-refractivity contribution is 7.80. The van der Waals surface area contributed by atoms with E-state index < -0.39 is 0 Å². The minimum absolute atomic E-state index is 0.300. The molecule has 5 nitrogen and oxygen atoms in total. The molecular formula is C17H27N3O2S. The lowest BCUT2D eigenvalue weighted by Gasteiger charge is -2.30. The molecule has 23 heavy (non-hydrogen) atoms. The zero-order chi connectivity index (χ0) is 16.8. The van der Waals surface area contributed by atoms with Crippen molar-refractivity contribution in [2.24, 2.45) is 0 Å². The van der Waals surface area contributed by atoms with Crippen LogP contribution in [0.1, 0.15) is 33.3 Å². The molecule has 2 rings (SSSR count). The summed E-state index contributed by atoms with van der Waals surface area (Å²) in [5.41, 5.74) is 1.12. The van der Waals surface area contributed by atoms with Gasteiger partial charge in [0.2, 0.25) is 6.79 Å². The minimum atomic E-state index is 0.300. The van der Waals surface area contributed by atoms with Gasteiger partial charge >= 0.3 is 0 Å². The summed E-state index contributed by atoms with van der Waals surface area (Å²) in [7, 11) is 0. The van der Waals surface area contributed by atoms with Gasteiger partial charge in [0, 0.05) is 31.7 Å². The highest BCUT2D eigenvalue weighted by atomic mass is 32.1. The highest BCUT2D eigenvalue weighted by Crippen LogP contribution is 2.32. The van der Waals surface area contributed by atoms with Crippen LogP contribution in [0.5, 0.6) is 11.5 Å². The van der Waals surface area contributed by atoms with Crippen molar-refractivity contribution in [3.63, 3.8) is 0 Å². The minimum Gasteiger partial charge on any atom is -0.454 e. The number of hydrogen-bond donors (Lipinski definition) is 2. The van der Waals surface area contributed by atoms with Crippen LogP contribution >= 0.6 is 12.2 Å². The number of ether oxygens (including phenoxy) is 2. The molecule has 1 heterocycles. The summed E-state index contributed by atoms with van der Waals surface area (Å²) in [6.45, 7) is 11.7. The Bertz CT molecular complexity index is 527. The van der Waals surface area contributed by atoms with Crippen LogP contribution < -0.4 is 20.1 Å². The molecule has 0 amide bonds. The van der Waals surface area contributed by atoms with Gasteiger partial charge in [-0.25, -0.2) is 0 Å². The van der Waals surface area contributed by atoms with E-state index in [1.165, 1.54) is 0 Å². The SMILES string of the molecule is CC(C)N(CCNC(=S)NCc1ccc2c(c1)OCO2)C(C)C. The molecule has 128 valence electrons. The lowest BCUT2D eigenvalue weighted by atomic mass is 10.2. The van der Waals surface area contributed by atoms with E-state index in [0.29, 0.717) is 30.5 Å². The Morgan fingerprint density at radius 2 is 1.83 bits per heavy atom. The first kappa shape index (κ1) is 17.8. The third-order valence-electron chi connectivity index (χ3n) is 3.87. The number of benzene rings is 1. The summed E-state index contributed by atoms with van der Waals surface area (Å²) in [6.07, 6.45) is 0. The number of nitrogens with one attached hydrogen (secondary N) is 2. The number of rotatable bonds is 7. The molecule has 1 aliphatic rings. The predicted molar refractivity (Wildman–Crippen MR) is 97.0 cm³/mol. The van der Waals surface area contributed by atoms with Gasteiger partial charge in [0.05, 0.1) is 0 Å². The van der Waals surface area contributed by atoms with Crippen molar-refractivity contribution in [1.82, 2.24) is 15.5 Å². The van der Waals surface area contributed by atoms with Gasteiger partial charge in [-0.3, -0.25) is 4.90 Å². The van der Waals surface area contributed by atoms with Crippen molar-refractivity contribution in [3.05, 3.63) is 23.8 Å². The van der Waals surface area contributed by atoms with Crippen LogP contribution in [0.2, 0.25) is 0 Å². The van der Waals surface area contributed by atoms with Gasteiger partial charge < -0.3 is 20.1 Å². The van der Waals surface area contributed by atoms with Crippen LogP contribution in [-0.2, 0) is 6.54 Å². The summed E-state index contributed by atoms with van der Waals surface area (Å²) < 4.78 is 10.7. The van der Waals surface area contributed by atoms with Crippen LogP contribution in [0.4, 0.5) is 0 Å². The van der Waals surface area contributed by atoms with Crippen LogP contribution in [0.25, 0.3) is 0 Å². The Kier molecular flexibility index (Phi) is 6.47. The Morgan fingerprint density at radius 3 is 2.52 bits per heavy atom. The Hall–Kier alpha value is -1.53. The maximum atomic E-state index is 5.38. The molecule has 0 saturated carbocycles. The topological polar surface area (TPSA) is 45.8 Å². The van der Waals surface area contributed by atoms with E-state index in [0.717, 1.165) is 30.2 Å². The Balaban J connectivity index is 1.71. The molecular weight excluding hydrogens is 310 g/mol. The van der Waals surface area contributed by atoms with E-state index in [4.69, 9.17) is 21.7 Å². The summed E-state index contributed by atoms with van der Waals surface area (Å²) in [5, 5.41) is 7.17. The largest absolute Gasteiger partial charge is 0.454 e. The van der Waals surface area contributed by atoms with Crippen molar-refractivity contribution in [2.45, 2.75) is 46.3 Å². The smallest absolute Gasteiger partial charge is 0.231 e. The molecule has 0 atom stereocenters. The summed E-state index contributed by atoms with van der Waals surface area (Å²) in [5.74, 6) is 1.60. The highest BCUT2D eigenvalue weighted by Gasteiger charge is 2.14. The molecule has 2 N–H and O–H groups in total. The predicted octanol–water partition coefficient (Wildman–Crippen LogP) is 2.50. The molecule has 0 aromatic heterocycles. The molecule has 0 radical (unpaired) electrons. The van der Waals surface area contributed by atoms with Crippen molar-refractivity contribution in [1.29, 1.82) is 0 Å². The Labute approximate surface area is 144 Å². The second-order valence-corrected chi connectivity index (χ2v) is 6.63. The van der Waals surface area contributed by atoms with Gasteiger partial charge in [-0.2, -0.15) is 0 Å². The van der Waals surface area contributed by atoms with Gasteiger partial charge in [-0.1, -0.05) is 6.07 Å². The van der Waals surface area contributed by atoms with Gasteiger partial charge in [0.25, 0.3) is 0 Å². The molecule has 6 heteroatoms. The molecule has 0 unspecified atom stereocenters. The fourth-order valence-electron chi connectivity index (χ4n) is 2.71. The van der Waals surface area contributed by atoms with Crippen LogP contribution in [-0.4, -0.2) is 42.0 Å². The van der Waals surface area contributed by atoms with Gasteiger partial charge in [0.1, 0.15) is 0 Å². The van der Waals surface area contributed by atoms with E-state index in [1.807, 2.05) is 18.2 Å². The second kappa shape index (κ2) is 8.36. The number of nitrogens with zero attached hydrogens (tertiary/aromatic N) is 1. The number of thiocarbonyl (C=S) groups is 1. The molecule has 0 spiro atoms. The summed E-state index contributed by atoms with van der Waals surface area (Å²) in [4.78, 5) is 2.44. The molecule has 0 aliphatic carbocycles. The van der Waals surface area contributed by atoms with Gasteiger partial charge in [0.15, 0.2) is 16.6 Å². The summed E-state index contributed by atoms with van der Waals surface area (Å²) >= 11 is 5.34. The van der Waals surface area contributed by atoms with Crippen molar-refractivity contribution < 1.29 is 9.47 Å². The lowest BCUT2D eigenvalue weighted by Crippen LogP contribution is -2.44. The first-order valence-electron chi connectivity index (χ1n) is 8.13.